The number of aliphatic carboxylic acids is 1. The van der Waals surface area contributed by atoms with Crippen LogP contribution in [0, 0.1) is 5.92 Å². The smallest absolute Gasteiger partial charge is 0.308 e. The number of carbonyl (C=O) groups excluding carboxylic acids is 1. The van der Waals surface area contributed by atoms with E-state index in [0.29, 0.717) is 32.5 Å². The minimum absolute atomic E-state index is 0.0238. The van der Waals surface area contributed by atoms with Crippen molar-refractivity contribution in [1.82, 2.24) is 19.9 Å². The second kappa shape index (κ2) is 4.94. The molecule has 0 aliphatic carbocycles. The SMILES string of the molecule is O=C(O)C1CCN(C(=O)CCn2ccnn2)C1. The molecule has 1 amide bonds. The Morgan fingerprint density at radius 2 is 2.29 bits per heavy atom. The van der Waals surface area contributed by atoms with Crippen LogP contribution in [0.3, 0.4) is 0 Å². The molecule has 1 aromatic rings. The topological polar surface area (TPSA) is 88.3 Å². The Morgan fingerprint density at radius 3 is 2.88 bits per heavy atom. The van der Waals surface area contributed by atoms with Crippen LogP contribution in [-0.2, 0) is 16.1 Å². The quantitative estimate of drug-likeness (QED) is 0.771. The first-order chi connectivity index (χ1) is 8.16. The highest BCUT2D eigenvalue weighted by molar-refractivity contribution is 5.78. The van der Waals surface area contributed by atoms with E-state index in [0.717, 1.165) is 0 Å². The normalized spacial score (nSPS) is 19.5. The van der Waals surface area contributed by atoms with Crippen LogP contribution in [0.4, 0.5) is 0 Å². The molecule has 7 nitrogen and oxygen atoms in total. The van der Waals surface area contributed by atoms with E-state index in [1.54, 1.807) is 22.0 Å². The van der Waals surface area contributed by atoms with Gasteiger partial charge in [-0.1, -0.05) is 5.21 Å². The van der Waals surface area contributed by atoms with E-state index in [-0.39, 0.29) is 5.91 Å². The van der Waals surface area contributed by atoms with Crippen molar-refractivity contribution in [3.05, 3.63) is 12.4 Å². The number of carbonyl (C=O) groups is 2. The maximum atomic E-state index is 11.8. The number of likely N-dealkylation sites (tertiary alicyclic amines) is 1. The Balaban J connectivity index is 1.79. The van der Waals surface area contributed by atoms with Gasteiger partial charge in [-0.05, 0) is 6.42 Å². The molecule has 1 unspecified atom stereocenters. The fraction of sp³-hybridized carbons (Fsp3) is 0.600. The number of amides is 1. The summed E-state index contributed by atoms with van der Waals surface area (Å²) in [6.07, 6.45) is 4.12. The third-order valence-electron chi connectivity index (χ3n) is 2.92. The van der Waals surface area contributed by atoms with Gasteiger partial charge in [0.1, 0.15) is 0 Å². The van der Waals surface area contributed by atoms with Crippen molar-refractivity contribution >= 4 is 11.9 Å². The van der Waals surface area contributed by atoms with Crippen molar-refractivity contribution in [1.29, 1.82) is 0 Å². The fourth-order valence-corrected chi connectivity index (χ4v) is 1.91. The summed E-state index contributed by atoms with van der Waals surface area (Å²) in [6.45, 7) is 1.34. The van der Waals surface area contributed by atoms with Crippen molar-refractivity contribution in [3.8, 4) is 0 Å². The van der Waals surface area contributed by atoms with Crippen LogP contribution in [0.5, 0.6) is 0 Å². The highest BCUT2D eigenvalue weighted by atomic mass is 16.4. The van der Waals surface area contributed by atoms with E-state index < -0.39 is 11.9 Å². The number of carboxylic acids is 1. The van der Waals surface area contributed by atoms with Crippen molar-refractivity contribution in [2.24, 2.45) is 5.92 Å². The molecule has 0 spiro atoms. The molecule has 1 N–H and O–H groups in total. The summed E-state index contributed by atoms with van der Waals surface area (Å²) in [7, 11) is 0. The van der Waals surface area contributed by atoms with Crippen LogP contribution in [0.1, 0.15) is 12.8 Å². The summed E-state index contributed by atoms with van der Waals surface area (Å²) < 4.78 is 1.59. The highest BCUT2D eigenvalue weighted by Crippen LogP contribution is 2.17. The molecule has 2 heterocycles. The average molecular weight is 238 g/mol. The molecule has 92 valence electrons. The summed E-state index contributed by atoms with van der Waals surface area (Å²) in [5.74, 6) is -1.26. The van der Waals surface area contributed by atoms with Crippen LogP contribution >= 0.6 is 0 Å². The van der Waals surface area contributed by atoms with Crippen LogP contribution in [-0.4, -0.2) is 50.0 Å². The predicted molar refractivity (Wildman–Crippen MR) is 57.0 cm³/mol. The van der Waals surface area contributed by atoms with Gasteiger partial charge < -0.3 is 10.0 Å². The fourth-order valence-electron chi connectivity index (χ4n) is 1.91. The highest BCUT2D eigenvalue weighted by Gasteiger charge is 2.30. The molecule has 2 rings (SSSR count). The zero-order valence-electron chi connectivity index (χ0n) is 9.32. The van der Waals surface area contributed by atoms with Gasteiger partial charge in [0.2, 0.25) is 5.91 Å². The van der Waals surface area contributed by atoms with Gasteiger partial charge in [0.25, 0.3) is 0 Å². The summed E-state index contributed by atoms with van der Waals surface area (Å²) in [5, 5.41) is 16.2. The number of nitrogens with zero attached hydrogens (tertiary/aromatic N) is 4. The van der Waals surface area contributed by atoms with Gasteiger partial charge in [-0.25, -0.2) is 0 Å². The zero-order valence-corrected chi connectivity index (χ0v) is 9.32. The Kier molecular flexibility index (Phi) is 3.36. The summed E-state index contributed by atoms with van der Waals surface area (Å²) in [5.41, 5.74) is 0. The molecule has 0 radical (unpaired) electrons. The first-order valence-electron chi connectivity index (χ1n) is 5.51. The van der Waals surface area contributed by atoms with Gasteiger partial charge in [-0.15, -0.1) is 5.10 Å². The molecule has 0 saturated carbocycles. The molecule has 17 heavy (non-hydrogen) atoms. The molecule has 1 aromatic heterocycles. The lowest BCUT2D eigenvalue weighted by Gasteiger charge is -2.15. The van der Waals surface area contributed by atoms with Crippen molar-refractivity contribution < 1.29 is 14.7 Å². The number of rotatable bonds is 4. The summed E-state index contributed by atoms with van der Waals surface area (Å²) in [6, 6.07) is 0. The van der Waals surface area contributed by atoms with E-state index in [1.807, 2.05) is 0 Å². The lowest BCUT2D eigenvalue weighted by atomic mass is 10.1. The number of aryl methyl sites for hydroxylation is 1. The monoisotopic (exact) mass is 238 g/mol. The van der Waals surface area contributed by atoms with E-state index in [1.165, 1.54) is 0 Å². The first-order valence-corrected chi connectivity index (χ1v) is 5.51. The maximum Gasteiger partial charge on any atom is 0.308 e. The van der Waals surface area contributed by atoms with Gasteiger partial charge in [-0.2, -0.15) is 0 Å². The van der Waals surface area contributed by atoms with Gasteiger partial charge >= 0.3 is 5.97 Å². The van der Waals surface area contributed by atoms with E-state index in [9.17, 15) is 9.59 Å². The van der Waals surface area contributed by atoms with Crippen LogP contribution in [0.25, 0.3) is 0 Å². The minimum Gasteiger partial charge on any atom is -0.481 e. The third kappa shape index (κ3) is 2.80. The average Bonchev–Trinajstić information content (AvgIpc) is 2.96. The van der Waals surface area contributed by atoms with Gasteiger partial charge in [-0.3, -0.25) is 14.3 Å². The minimum atomic E-state index is -0.823. The molecular weight excluding hydrogens is 224 g/mol. The molecule has 7 heteroatoms. The van der Waals surface area contributed by atoms with E-state index >= 15 is 0 Å². The van der Waals surface area contributed by atoms with Crippen molar-refractivity contribution in [2.45, 2.75) is 19.4 Å². The number of hydrogen-bond acceptors (Lipinski definition) is 4. The Hall–Kier alpha value is -1.92. The maximum absolute atomic E-state index is 11.8. The summed E-state index contributed by atoms with van der Waals surface area (Å²) >= 11 is 0. The lowest BCUT2D eigenvalue weighted by molar-refractivity contribution is -0.141. The lowest BCUT2D eigenvalue weighted by Crippen LogP contribution is -2.30. The standard InChI is InChI=1S/C10H14N4O3/c15-9(2-5-14-6-3-11-12-14)13-4-1-8(7-13)10(16)17/h3,6,8H,1-2,4-5,7H2,(H,16,17). The van der Waals surface area contributed by atoms with Crippen LogP contribution in [0.15, 0.2) is 12.4 Å². The van der Waals surface area contributed by atoms with Gasteiger partial charge in [0.05, 0.1) is 18.7 Å². The van der Waals surface area contributed by atoms with Crippen LogP contribution in [0.2, 0.25) is 0 Å². The molecular formula is C10H14N4O3. The Morgan fingerprint density at radius 1 is 1.47 bits per heavy atom. The zero-order chi connectivity index (χ0) is 12.3. The summed E-state index contributed by atoms with van der Waals surface area (Å²) in [4.78, 5) is 24.1. The Labute approximate surface area is 98.0 Å². The predicted octanol–water partition coefficient (Wildman–Crippen LogP) is -0.399. The molecule has 1 aliphatic rings. The number of aromatic nitrogens is 3. The first kappa shape index (κ1) is 11.6. The molecule has 1 atom stereocenters. The van der Waals surface area contributed by atoms with Gasteiger partial charge in [0, 0.05) is 25.7 Å². The van der Waals surface area contributed by atoms with E-state index in [2.05, 4.69) is 10.3 Å². The molecule has 0 bridgehead atoms. The number of hydrogen-bond donors (Lipinski definition) is 1. The van der Waals surface area contributed by atoms with E-state index in [4.69, 9.17) is 5.11 Å². The third-order valence-corrected chi connectivity index (χ3v) is 2.92. The van der Waals surface area contributed by atoms with Crippen molar-refractivity contribution in [2.75, 3.05) is 13.1 Å². The molecule has 0 aromatic carbocycles. The van der Waals surface area contributed by atoms with Crippen LogP contribution < -0.4 is 0 Å². The van der Waals surface area contributed by atoms with Gasteiger partial charge in [0.15, 0.2) is 0 Å². The number of carboxylic acid groups (broad SMARTS) is 1. The molecule has 1 saturated heterocycles. The second-order valence-corrected chi connectivity index (χ2v) is 4.08. The Bertz CT molecular complexity index is 404. The second-order valence-electron chi connectivity index (χ2n) is 4.08. The van der Waals surface area contributed by atoms with Crippen molar-refractivity contribution in [3.63, 3.8) is 0 Å². The molecule has 1 aliphatic heterocycles. The molecule has 1 fully saturated rings. The largest absolute Gasteiger partial charge is 0.481 e.